The lowest BCUT2D eigenvalue weighted by Crippen LogP contribution is -2.48. The second kappa shape index (κ2) is 11.2. The van der Waals surface area contributed by atoms with Crippen LogP contribution in [-0.2, 0) is 13.6 Å². The molecule has 0 aromatic carbocycles. The molecule has 2 aliphatic rings. The highest BCUT2D eigenvalue weighted by Crippen LogP contribution is 2.42. The van der Waals surface area contributed by atoms with Gasteiger partial charge in [-0.25, -0.2) is 0 Å². The lowest BCUT2D eigenvalue weighted by atomic mass is 10.0. The molecule has 1 saturated heterocycles. The average molecular weight is 503 g/mol. The molecule has 2 rings (SSSR count). The van der Waals surface area contributed by atoms with Crippen molar-refractivity contribution in [2.45, 2.75) is 103 Å². The van der Waals surface area contributed by atoms with Crippen LogP contribution in [0.15, 0.2) is 47.6 Å². The summed E-state index contributed by atoms with van der Waals surface area (Å²) >= 11 is 0. The van der Waals surface area contributed by atoms with E-state index in [4.69, 9.17) is 18.7 Å². The summed E-state index contributed by atoms with van der Waals surface area (Å²) in [6, 6.07) is 0. The molecule has 0 amide bonds. The maximum absolute atomic E-state index is 9.02. The highest BCUT2D eigenvalue weighted by atomic mass is 28.4. The summed E-state index contributed by atoms with van der Waals surface area (Å²) in [6.07, 6.45) is 12.8. The van der Waals surface area contributed by atoms with Gasteiger partial charge in [-0.15, -0.1) is 0 Å². The summed E-state index contributed by atoms with van der Waals surface area (Å²) < 4.78 is 20.1. The number of ether oxygens (including phenoxy) is 1. The predicted molar refractivity (Wildman–Crippen MR) is 148 cm³/mol. The fourth-order valence-electron chi connectivity index (χ4n) is 3.33. The van der Waals surface area contributed by atoms with Crippen LogP contribution in [0.1, 0.15) is 48.0 Å². The van der Waals surface area contributed by atoms with Gasteiger partial charge >= 0.3 is 0 Å². The highest BCUT2D eigenvalue weighted by Gasteiger charge is 2.46. The first-order valence-electron chi connectivity index (χ1n) is 12.4. The second-order valence-electron chi connectivity index (χ2n) is 12.4. The second-order valence-corrected chi connectivity index (χ2v) is 21.9. The smallest absolute Gasteiger partial charge is 0.192 e. The molecule has 4 nitrogen and oxygen atoms in total. The number of aliphatic hydroxyl groups excluding tert-OH is 1. The van der Waals surface area contributed by atoms with Crippen LogP contribution in [-0.4, -0.2) is 53.3 Å². The molecule has 0 aromatic heterocycles. The maximum Gasteiger partial charge on any atom is 0.192 e. The number of hydrogen-bond acceptors (Lipinski definition) is 4. The Labute approximate surface area is 210 Å². The van der Waals surface area contributed by atoms with E-state index < -0.39 is 16.6 Å². The van der Waals surface area contributed by atoms with E-state index >= 15 is 0 Å². The zero-order valence-corrected chi connectivity index (χ0v) is 25.0. The van der Waals surface area contributed by atoms with Gasteiger partial charge in [0, 0.05) is 12.0 Å². The minimum Gasteiger partial charge on any atom is -0.414 e. The third-order valence-corrected chi connectivity index (χ3v) is 16.7. The Hall–Kier alpha value is -1.21. The van der Waals surface area contributed by atoms with Crippen molar-refractivity contribution in [2.24, 2.45) is 0 Å². The van der Waals surface area contributed by atoms with Crippen molar-refractivity contribution in [3.05, 3.63) is 47.6 Å². The van der Waals surface area contributed by atoms with Crippen molar-refractivity contribution in [2.75, 3.05) is 13.2 Å². The van der Waals surface area contributed by atoms with Gasteiger partial charge in [-0.1, -0.05) is 77.7 Å². The minimum atomic E-state index is -1.97. The molecule has 1 N–H and O–H groups in total. The lowest BCUT2D eigenvalue weighted by Gasteiger charge is -2.40. The van der Waals surface area contributed by atoms with Crippen molar-refractivity contribution in [3.8, 4) is 11.8 Å². The average Bonchev–Trinajstić information content (AvgIpc) is 3.06. The highest BCUT2D eigenvalue weighted by molar-refractivity contribution is 6.74. The first-order valence-corrected chi connectivity index (χ1v) is 18.2. The monoisotopic (exact) mass is 502 g/mol. The molecule has 0 radical (unpaired) electrons. The van der Waals surface area contributed by atoms with Crippen LogP contribution in [0.4, 0.5) is 0 Å². The summed E-state index contributed by atoms with van der Waals surface area (Å²) in [5.41, 5.74) is 1.96. The normalized spacial score (nSPS) is 26.6. The molecule has 0 aromatic rings. The fourth-order valence-corrected chi connectivity index (χ4v) is 5.70. The summed E-state index contributed by atoms with van der Waals surface area (Å²) in [7, 11) is -3.88. The van der Waals surface area contributed by atoms with Gasteiger partial charge in [0.05, 0.1) is 18.8 Å². The molecule has 190 valence electrons. The van der Waals surface area contributed by atoms with E-state index in [1.165, 1.54) is 0 Å². The van der Waals surface area contributed by atoms with Crippen molar-refractivity contribution in [1.29, 1.82) is 0 Å². The standard InChI is InChI=1S/C28H46O4Si2/c1-27(2,3)33(7,8)30-21-26-25(32-34(9,10)28(4,5)6)20-24(31-26)23-16-12-11-14-22(17-18-23)15-13-19-29/h11-12,14,16-18,24-26,29H,19-21H2,1-10H3/b12-11-,14-11?,16-12?,18-17?,22-14-,22-17?,23-16?,23-18?. The van der Waals surface area contributed by atoms with Crippen molar-refractivity contribution >= 4 is 16.6 Å². The van der Waals surface area contributed by atoms with Gasteiger partial charge in [0.15, 0.2) is 16.6 Å². The molecule has 6 heteroatoms. The minimum absolute atomic E-state index is 0.00331. The Bertz CT molecular complexity index is 886. The first-order chi connectivity index (χ1) is 15.6. The molecule has 1 fully saturated rings. The number of hydrogen-bond donors (Lipinski definition) is 1. The first kappa shape index (κ1) is 29.0. The molecule has 34 heavy (non-hydrogen) atoms. The molecule has 3 unspecified atom stereocenters. The van der Waals surface area contributed by atoms with Gasteiger partial charge in [-0.2, -0.15) is 0 Å². The Balaban J connectivity index is 2.26. The third kappa shape index (κ3) is 7.65. The van der Waals surface area contributed by atoms with Crippen molar-refractivity contribution < 1.29 is 18.7 Å². The Morgan fingerprint density at radius 2 is 1.59 bits per heavy atom. The fraction of sp³-hybridized carbons (Fsp3) is 0.643. The van der Waals surface area contributed by atoms with Gasteiger partial charge < -0.3 is 18.7 Å². The van der Waals surface area contributed by atoms with E-state index in [9.17, 15) is 0 Å². The van der Waals surface area contributed by atoms with Crippen LogP contribution in [0.25, 0.3) is 0 Å². The van der Waals surface area contributed by atoms with Crippen LogP contribution in [0.5, 0.6) is 0 Å². The largest absolute Gasteiger partial charge is 0.414 e. The molecule has 1 aliphatic heterocycles. The van der Waals surface area contributed by atoms with Crippen LogP contribution in [0.3, 0.4) is 0 Å². The van der Waals surface area contributed by atoms with Crippen LogP contribution in [0, 0.1) is 11.8 Å². The van der Waals surface area contributed by atoms with Gasteiger partial charge in [0.25, 0.3) is 0 Å². The Morgan fingerprint density at radius 1 is 0.971 bits per heavy atom. The SMILES string of the molecule is CC(C)(C)[Si](C)(C)OCC1OC(C2=C/C=C\C=C(\C#CCO)C=C2)CC1O[Si](C)(C)C(C)(C)C. The van der Waals surface area contributed by atoms with Gasteiger partial charge in [-0.05, 0) is 54.0 Å². The molecule has 3 atom stereocenters. The van der Waals surface area contributed by atoms with Crippen LogP contribution >= 0.6 is 0 Å². The van der Waals surface area contributed by atoms with E-state index in [0.29, 0.717) is 6.61 Å². The number of aliphatic hydroxyl groups is 1. The van der Waals surface area contributed by atoms with E-state index in [0.717, 1.165) is 17.6 Å². The molecule has 0 saturated carbocycles. The van der Waals surface area contributed by atoms with E-state index in [1.807, 2.05) is 24.3 Å². The summed E-state index contributed by atoms with van der Waals surface area (Å²) in [5.74, 6) is 5.71. The molecule has 1 heterocycles. The van der Waals surface area contributed by atoms with E-state index in [-0.39, 0.29) is 35.0 Å². The van der Waals surface area contributed by atoms with E-state index in [1.54, 1.807) is 0 Å². The predicted octanol–water partition coefficient (Wildman–Crippen LogP) is 6.53. The van der Waals surface area contributed by atoms with Gasteiger partial charge in [-0.3, -0.25) is 0 Å². The van der Waals surface area contributed by atoms with Gasteiger partial charge in [0.2, 0.25) is 0 Å². The van der Waals surface area contributed by atoms with E-state index in [2.05, 4.69) is 91.7 Å². The molecular formula is C28H46O4Si2. The van der Waals surface area contributed by atoms with Crippen molar-refractivity contribution in [1.82, 2.24) is 0 Å². The Morgan fingerprint density at radius 3 is 2.18 bits per heavy atom. The number of rotatable bonds is 6. The van der Waals surface area contributed by atoms with Gasteiger partial charge in [0.1, 0.15) is 12.7 Å². The topological polar surface area (TPSA) is 47.9 Å². The summed E-state index contributed by atoms with van der Waals surface area (Å²) in [5, 5.41) is 9.30. The molecule has 0 spiro atoms. The summed E-state index contributed by atoms with van der Waals surface area (Å²) in [6.45, 7) is 23.2. The third-order valence-electron chi connectivity index (χ3n) is 7.68. The molecule has 1 aliphatic carbocycles. The zero-order valence-electron chi connectivity index (χ0n) is 23.0. The Kier molecular flexibility index (Phi) is 9.59. The number of allylic oxidation sites excluding steroid dienone is 6. The van der Waals surface area contributed by atoms with Crippen molar-refractivity contribution in [3.63, 3.8) is 0 Å². The van der Waals surface area contributed by atoms with Crippen LogP contribution < -0.4 is 0 Å². The van der Waals surface area contributed by atoms with Crippen LogP contribution in [0.2, 0.25) is 36.3 Å². The molecule has 0 bridgehead atoms. The maximum atomic E-state index is 9.02. The molecular weight excluding hydrogens is 456 g/mol. The quantitative estimate of drug-likeness (QED) is 0.331. The lowest BCUT2D eigenvalue weighted by molar-refractivity contribution is -0.00563. The summed E-state index contributed by atoms with van der Waals surface area (Å²) in [4.78, 5) is 0. The zero-order chi connectivity index (χ0) is 25.8.